The van der Waals surface area contributed by atoms with Crippen molar-refractivity contribution in [3.8, 4) is 0 Å². The zero-order chi connectivity index (χ0) is 16.2. The molecule has 122 valence electrons. The number of sulfonamides is 1. The average Bonchev–Trinajstić information content (AvgIpc) is 3.00. The molecule has 2 rings (SSSR count). The quantitative estimate of drug-likeness (QED) is 0.853. The van der Waals surface area contributed by atoms with Crippen LogP contribution in [0.15, 0.2) is 29.2 Å². The summed E-state index contributed by atoms with van der Waals surface area (Å²) in [5, 5.41) is 2.83. The van der Waals surface area contributed by atoms with E-state index in [0.29, 0.717) is 12.1 Å². The van der Waals surface area contributed by atoms with Crippen molar-refractivity contribution in [1.82, 2.24) is 9.62 Å². The number of carbonyl (C=O) groups is 1. The molecule has 1 unspecified atom stereocenters. The molecule has 0 aliphatic carbocycles. The van der Waals surface area contributed by atoms with Crippen LogP contribution in [0.25, 0.3) is 0 Å². The van der Waals surface area contributed by atoms with Crippen LogP contribution in [0.3, 0.4) is 0 Å². The topological polar surface area (TPSA) is 75.7 Å². The van der Waals surface area contributed by atoms with Gasteiger partial charge in [-0.3, -0.25) is 4.79 Å². The van der Waals surface area contributed by atoms with Gasteiger partial charge < -0.3 is 10.1 Å². The van der Waals surface area contributed by atoms with Gasteiger partial charge in [0.15, 0.2) is 0 Å². The van der Waals surface area contributed by atoms with E-state index in [2.05, 4.69) is 5.32 Å². The first-order valence-electron chi connectivity index (χ1n) is 7.33. The number of hydrogen-bond donors (Lipinski definition) is 1. The number of ether oxygens (including phenoxy) is 1. The third kappa shape index (κ3) is 4.06. The zero-order valence-electron chi connectivity index (χ0n) is 12.9. The lowest BCUT2D eigenvalue weighted by Crippen LogP contribution is -2.27. The van der Waals surface area contributed by atoms with Crippen molar-refractivity contribution in [3.05, 3.63) is 29.8 Å². The molecular formula is C15H22N2O4S. The molecule has 1 heterocycles. The Labute approximate surface area is 131 Å². The van der Waals surface area contributed by atoms with Crippen LogP contribution in [0.1, 0.15) is 29.6 Å². The smallest absolute Gasteiger partial charge is 0.251 e. The molecule has 1 aromatic carbocycles. The summed E-state index contributed by atoms with van der Waals surface area (Å²) in [6.45, 7) is 1.36. The standard InChI is InChI=1S/C15H22N2O4S/c1-17(2)22(19,20)14-7-5-12(6-8-14)15(18)16-10-9-13-4-3-11-21-13/h5-8,13H,3-4,9-11H2,1-2H3,(H,16,18). The van der Waals surface area contributed by atoms with E-state index in [-0.39, 0.29) is 16.9 Å². The maximum Gasteiger partial charge on any atom is 0.251 e. The van der Waals surface area contributed by atoms with Crippen LogP contribution in [0.2, 0.25) is 0 Å². The third-order valence-corrected chi connectivity index (χ3v) is 5.50. The molecule has 1 aromatic rings. The molecule has 0 aromatic heterocycles. The van der Waals surface area contributed by atoms with E-state index in [9.17, 15) is 13.2 Å². The van der Waals surface area contributed by atoms with Gasteiger partial charge in [0, 0.05) is 32.8 Å². The number of hydrogen-bond acceptors (Lipinski definition) is 4. The highest BCUT2D eigenvalue weighted by Gasteiger charge is 2.18. The van der Waals surface area contributed by atoms with Crippen molar-refractivity contribution >= 4 is 15.9 Å². The maximum absolute atomic E-state index is 12.0. The summed E-state index contributed by atoms with van der Waals surface area (Å²) in [4.78, 5) is 12.2. The highest BCUT2D eigenvalue weighted by molar-refractivity contribution is 7.89. The van der Waals surface area contributed by atoms with Gasteiger partial charge in [-0.1, -0.05) is 0 Å². The van der Waals surface area contributed by atoms with Gasteiger partial charge in [0.25, 0.3) is 5.91 Å². The Kier molecular flexibility index (Phi) is 5.55. The predicted octanol–water partition coefficient (Wildman–Crippen LogP) is 1.24. The maximum atomic E-state index is 12.0. The summed E-state index contributed by atoms with van der Waals surface area (Å²) in [7, 11) is -0.516. The van der Waals surface area contributed by atoms with Crippen LogP contribution in [0.5, 0.6) is 0 Å². The van der Waals surface area contributed by atoms with E-state index in [1.165, 1.54) is 38.4 Å². The Balaban J connectivity index is 1.90. The molecule has 0 radical (unpaired) electrons. The summed E-state index contributed by atoms with van der Waals surface area (Å²) in [5.74, 6) is -0.202. The fourth-order valence-corrected chi connectivity index (χ4v) is 3.21. The zero-order valence-corrected chi connectivity index (χ0v) is 13.7. The first kappa shape index (κ1) is 16.9. The number of carbonyl (C=O) groups excluding carboxylic acids is 1. The number of nitrogens with one attached hydrogen (secondary N) is 1. The van der Waals surface area contributed by atoms with Gasteiger partial charge in [-0.25, -0.2) is 12.7 Å². The minimum Gasteiger partial charge on any atom is -0.378 e. The first-order valence-corrected chi connectivity index (χ1v) is 8.77. The second-order valence-electron chi connectivity index (χ2n) is 5.49. The summed E-state index contributed by atoms with van der Waals surface area (Å²) >= 11 is 0. The summed E-state index contributed by atoms with van der Waals surface area (Å²) < 4.78 is 30.5. The van der Waals surface area contributed by atoms with Gasteiger partial charge in [-0.2, -0.15) is 0 Å². The van der Waals surface area contributed by atoms with Crippen molar-refractivity contribution in [2.24, 2.45) is 0 Å². The fraction of sp³-hybridized carbons (Fsp3) is 0.533. The molecule has 1 saturated heterocycles. The van der Waals surface area contributed by atoms with E-state index in [1.54, 1.807) is 0 Å². The number of amides is 1. The highest BCUT2D eigenvalue weighted by atomic mass is 32.2. The lowest BCUT2D eigenvalue weighted by molar-refractivity contribution is 0.0907. The van der Waals surface area contributed by atoms with E-state index in [1.807, 2.05) is 0 Å². The van der Waals surface area contributed by atoms with Gasteiger partial charge >= 0.3 is 0 Å². The average molecular weight is 326 g/mol. The summed E-state index contributed by atoms with van der Waals surface area (Å²) in [5.41, 5.74) is 0.449. The van der Waals surface area contributed by atoms with Crippen molar-refractivity contribution in [1.29, 1.82) is 0 Å². The van der Waals surface area contributed by atoms with Gasteiger partial charge in [0.1, 0.15) is 0 Å². The van der Waals surface area contributed by atoms with Crippen molar-refractivity contribution in [2.45, 2.75) is 30.3 Å². The third-order valence-electron chi connectivity index (χ3n) is 3.67. The summed E-state index contributed by atoms with van der Waals surface area (Å²) in [6.07, 6.45) is 3.18. The Hall–Kier alpha value is -1.44. The molecule has 7 heteroatoms. The molecule has 1 amide bonds. The number of rotatable bonds is 6. The van der Waals surface area contributed by atoms with E-state index in [4.69, 9.17) is 4.74 Å². The molecule has 0 bridgehead atoms. The molecule has 1 N–H and O–H groups in total. The van der Waals surface area contributed by atoms with E-state index < -0.39 is 10.0 Å². The van der Waals surface area contributed by atoms with E-state index >= 15 is 0 Å². The molecule has 22 heavy (non-hydrogen) atoms. The molecule has 1 fully saturated rings. The highest BCUT2D eigenvalue weighted by Crippen LogP contribution is 2.15. The lowest BCUT2D eigenvalue weighted by atomic mass is 10.1. The fourth-order valence-electron chi connectivity index (χ4n) is 2.31. The van der Waals surface area contributed by atoms with Crippen LogP contribution in [0.4, 0.5) is 0 Å². The van der Waals surface area contributed by atoms with Crippen LogP contribution in [0, 0.1) is 0 Å². The molecule has 1 atom stereocenters. The van der Waals surface area contributed by atoms with Crippen LogP contribution in [-0.2, 0) is 14.8 Å². The van der Waals surface area contributed by atoms with E-state index in [0.717, 1.165) is 30.2 Å². The normalized spacial score (nSPS) is 18.6. The molecule has 0 saturated carbocycles. The predicted molar refractivity (Wildman–Crippen MR) is 83.2 cm³/mol. The lowest BCUT2D eigenvalue weighted by Gasteiger charge is -2.12. The monoisotopic (exact) mass is 326 g/mol. The van der Waals surface area contributed by atoms with Crippen LogP contribution in [-0.4, -0.2) is 52.0 Å². The molecule has 1 aliphatic rings. The van der Waals surface area contributed by atoms with Gasteiger partial charge in [-0.15, -0.1) is 0 Å². The Bertz CT molecular complexity index is 605. The van der Waals surface area contributed by atoms with Gasteiger partial charge in [0.05, 0.1) is 11.0 Å². The second kappa shape index (κ2) is 7.21. The molecule has 0 spiro atoms. The largest absolute Gasteiger partial charge is 0.378 e. The first-order chi connectivity index (χ1) is 10.4. The summed E-state index contributed by atoms with van der Waals surface area (Å²) in [6, 6.07) is 5.95. The number of benzene rings is 1. The molecule has 1 aliphatic heterocycles. The molecule has 6 nitrogen and oxygen atoms in total. The van der Waals surface area contributed by atoms with Gasteiger partial charge in [-0.05, 0) is 43.5 Å². The Morgan fingerprint density at radius 2 is 2.00 bits per heavy atom. The Morgan fingerprint density at radius 3 is 2.55 bits per heavy atom. The van der Waals surface area contributed by atoms with Crippen LogP contribution < -0.4 is 5.32 Å². The SMILES string of the molecule is CN(C)S(=O)(=O)c1ccc(C(=O)NCCC2CCCO2)cc1. The Morgan fingerprint density at radius 1 is 1.32 bits per heavy atom. The van der Waals surface area contributed by atoms with Crippen molar-refractivity contribution in [2.75, 3.05) is 27.2 Å². The minimum absolute atomic E-state index is 0.174. The van der Waals surface area contributed by atoms with Crippen molar-refractivity contribution < 1.29 is 17.9 Å². The number of nitrogens with zero attached hydrogens (tertiary/aromatic N) is 1. The van der Waals surface area contributed by atoms with Crippen LogP contribution >= 0.6 is 0 Å². The minimum atomic E-state index is -3.46. The van der Waals surface area contributed by atoms with Gasteiger partial charge in [0.2, 0.25) is 10.0 Å². The molecular weight excluding hydrogens is 304 g/mol. The van der Waals surface area contributed by atoms with Crippen molar-refractivity contribution in [3.63, 3.8) is 0 Å². The second-order valence-corrected chi connectivity index (χ2v) is 7.64.